The monoisotopic (exact) mass is 195 g/mol. The molecule has 0 aliphatic carbocycles. The molecule has 2 N–H and O–H groups in total. The molecular weight excluding hydrogens is 181 g/mol. The van der Waals surface area contributed by atoms with Crippen molar-refractivity contribution in [1.29, 1.82) is 0 Å². The molecule has 0 bridgehead atoms. The van der Waals surface area contributed by atoms with Gasteiger partial charge < -0.3 is 10.6 Å². The molecule has 0 spiro atoms. The van der Waals surface area contributed by atoms with Crippen LogP contribution in [0.2, 0.25) is 0 Å². The van der Waals surface area contributed by atoms with Crippen LogP contribution in [0.15, 0.2) is 18.3 Å². The Balaban J connectivity index is 1.99. The van der Waals surface area contributed by atoms with Crippen molar-refractivity contribution in [3.05, 3.63) is 24.1 Å². The molecule has 1 atom stereocenters. The van der Waals surface area contributed by atoms with Crippen molar-refractivity contribution in [3.63, 3.8) is 0 Å². The van der Waals surface area contributed by atoms with E-state index in [1.54, 1.807) is 12.3 Å². The Bertz CT molecular complexity index is 297. The zero-order valence-corrected chi connectivity index (χ0v) is 7.96. The van der Waals surface area contributed by atoms with E-state index in [0.717, 1.165) is 25.9 Å². The largest absolute Gasteiger partial charge is 0.364 e. The molecule has 1 saturated heterocycles. The SMILES string of the molecule is Fc1cccnc1NC1CCCNC1. The second-order valence-electron chi connectivity index (χ2n) is 3.52. The highest BCUT2D eigenvalue weighted by Crippen LogP contribution is 2.13. The van der Waals surface area contributed by atoms with Gasteiger partial charge in [0.1, 0.15) is 0 Å². The number of hydrogen-bond donors (Lipinski definition) is 2. The lowest BCUT2D eigenvalue weighted by Crippen LogP contribution is -2.38. The zero-order chi connectivity index (χ0) is 9.80. The fraction of sp³-hybridized carbons (Fsp3) is 0.500. The second-order valence-corrected chi connectivity index (χ2v) is 3.52. The van der Waals surface area contributed by atoms with Crippen LogP contribution in [0.3, 0.4) is 0 Å². The molecule has 1 aromatic heterocycles. The van der Waals surface area contributed by atoms with E-state index in [0.29, 0.717) is 11.9 Å². The van der Waals surface area contributed by atoms with Gasteiger partial charge in [-0.2, -0.15) is 0 Å². The van der Waals surface area contributed by atoms with E-state index in [1.807, 2.05) is 0 Å². The molecular formula is C10H14FN3. The third-order valence-electron chi connectivity index (χ3n) is 2.40. The summed E-state index contributed by atoms with van der Waals surface area (Å²) in [5, 5.41) is 6.36. The van der Waals surface area contributed by atoms with Gasteiger partial charge >= 0.3 is 0 Å². The van der Waals surface area contributed by atoms with E-state index in [2.05, 4.69) is 15.6 Å². The molecule has 1 aliphatic heterocycles. The van der Waals surface area contributed by atoms with Crippen LogP contribution in [0.4, 0.5) is 10.2 Å². The molecule has 2 rings (SSSR count). The molecule has 0 saturated carbocycles. The van der Waals surface area contributed by atoms with Crippen LogP contribution in [-0.2, 0) is 0 Å². The van der Waals surface area contributed by atoms with Gasteiger partial charge in [-0.05, 0) is 31.5 Å². The van der Waals surface area contributed by atoms with Crippen molar-refractivity contribution in [1.82, 2.24) is 10.3 Å². The molecule has 0 aromatic carbocycles. The summed E-state index contributed by atoms with van der Waals surface area (Å²) in [5.41, 5.74) is 0. The minimum absolute atomic E-state index is 0.280. The number of nitrogens with zero attached hydrogens (tertiary/aromatic N) is 1. The van der Waals surface area contributed by atoms with Gasteiger partial charge in [0, 0.05) is 18.8 Å². The van der Waals surface area contributed by atoms with Crippen molar-refractivity contribution in [2.75, 3.05) is 18.4 Å². The molecule has 76 valence electrons. The molecule has 1 aliphatic rings. The third kappa shape index (κ3) is 2.20. The fourth-order valence-electron chi connectivity index (χ4n) is 1.66. The Morgan fingerprint density at radius 2 is 2.50 bits per heavy atom. The minimum atomic E-state index is -0.280. The van der Waals surface area contributed by atoms with Crippen molar-refractivity contribution in [2.45, 2.75) is 18.9 Å². The summed E-state index contributed by atoms with van der Waals surface area (Å²) >= 11 is 0. The van der Waals surface area contributed by atoms with E-state index in [9.17, 15) is 4.39 Å². The third-order valence-corrected chi connectivity index (χ3v) is 2.40. The highest BCUT2D eigenvalue weighted by atomic mass is 19.1. The number of anilines is 1. The highest BCUT2D eigenvalue weighted by Gasteiger charge is 2.14. The lowest BCUT2D eigenvalue weighted by atomic mass is 10.1. The number of aromatic nitrogens is 1. The average Bonchev–Trinajstić information content (AvgIpc) is 2.23. The number of nitrogens with one attached hydrogen (secondary N) is 2. The average molecular weight is 195 g/mol. The van der Waals surface area contributed by atoms with E-state index in [1.165, 1.54) is 6.07 Å². The summed E-state index contributed by atoms with van der Waals surface area (Å²) in [6, 6.07) is 3.32. The lowest BCUT2D eigenvalue weighted by molar-refractivity contribution is 0.476. The van der Waals surface area contributed by atoms with Crippen LogP contribution in [0.5, 0.6) is 0 Å². The molecule has 0 amide bonds. The summed E-state index contributed by atoms with van der Waals surface area (Å²) in [6.07, 6.45) is 3.80. The second kappa shape index (κ2) is 4.37. The Morgan fingerprint density at radius 1 is 1.57 bits per heavy atom. The molecule has 14 heavy (non-hydrogen) atoms. The molecule has 2 heterocycles. The van der Waals surface area contributed by atoms with E-state index in [4.69, 9.17) is 0 Å². The maximum Gasteiger partial charge on any atom is 0.165 e. The number of pyridine rings is 1. The number of hydrogen-bond acceptors (Lipinski definition) is 3. The van der Waals surface area contributed by atoms with E-state index >= 15 is 0 Å². The van der Waals surface area contributed by atoms with Gasteiger partial charge in [-0.15, -0.1) is 0 Å². The maximum absolute atomic E-state index is 13.2. The van der Waals surface area contributed by atoms with Gasteiger partial charge in [-0.1, -0.05) is 0 Å². The van der Waals surface area contributed by atoms with Gasteiger partial charge in [-0.3, -0.25) is 0 Å². The predicted molar refractivity (Wildman–Crippen MR) is 53.7 cm³/mol. The smallest absolute Gasteiger partial charge is 0.165 e. The van der Waals surface area contributed by atoms with Crippen molar-refractivity contribution in [2.24, 2.45) is 0 Å². The fourth-order valence-corrected chi connectivity index (χ4v) is 1.66. The molecule has 0 radical (unpaired) electrons. The molecule has 1 unspecified atom stereocenters. The summed E-state index contributed by atoms with van der Waals surface area (Å²) < 4.78 is 13.2. The van der Waals surface area contributed by atoms with E-state index < -0.39 is 0 Å². The molecule has 3 nitrogen and oxygen atoms in total. The van der Waals surface area contributed by atoms with Crippen LogP contribution < -0.4 is 10.6 Å². The molecule has 1 aromatic rings. The maximum atomic E-state index is 13.2. The van der Waals surface area contributed by atoms with Crippen molar-refractivity contribution >= 4 is 5.82 Å². The minimum Gasteiger partial charge on any atom is -0.364 e. The van der Waals surface area contributed by atoms with Gasteiger partial charge in [0.2, 0.25) is 0 Å². The van der Waals surface area contributed by atoms with Crippen LogP contribution >= 0.6 is 0 Å². The Labute approximate surface area is 82.7 Å². The van der Waals surface area contributed by atoms with Gasteiger partial charge in [0.25, 0.3) is 0 Å². The first kappa shape index (κ1) is 9.40. The van der Waals surface area contributed by atoms with Gasteiger partial charge in [0.15, 0.2) is 11.6 Å². The first-order valence-electron chi connectivity index (χ1n) is 4.94. The van der Waals surface area contributed by atoms with Gasteiger partial charge in [-0.25, -0.2) is 9.37 Å². The first-order chi connectivity index (χ1) is 6.86. The normalized spacial score (nSPS) is 21.9. The Morgan fingerprint density at radius 3 is 3.21 bits per heavy atom. The standard InChI is InChI=1S/C10H14FN3/c11-9-4-2-6-13-10(9)14-8-3-1-5-12-7-8/h2,4,6,8,12H,1,3,5,7H2,(H,13,14). The Hall–Kier alpha value is -1.16. The predicted octanol–water partition coefficient (Wildman–Crippen LogP) is 1.38. The van der Waals surface area contributed by atoms with Crippen LogP contribution in [-0.4, -0.2) is 24.1 Å². The topological polar surface area (TPSA) is 37.0 Å². The summed E-state index contributed by atoms with van der Waals surface area (Å²) in [5.74, 6) is 0.0827. The first-order valence-corrected chi connectivity index (χ1v) is 4.94. The van der Waals surface area contributed by atoms with Gasteiger partial charge in [0.05, 0.1) is 0 Å². The molecule has 1 fully saturated rings. The number of rotatable bonds is 2. The van der Waals surface area contributed by atoms with E-state index in [-0.39, 0.29) is 5.82 Å². The van der Waals surface area contributed by atoms with Crippen LogP contribution in [0.25, 0.3) is 0 Å². The number of piperidine rings is 1. The zero-order valence-electron chi connectivity index (χ0n) is 7.96. The lowest BCUT2D eigenvalue weighted by Gasteiger charge is -2.24. The summed E-state index contributed by atoms with van der Waals surface area (Å²) in [7, 11) is 0. The van der Waals surface area contributed by atoms with Crippen LogP contribution in [0, 0.1) is 5.82 Å². The number of halogens is 1. The van der Waals surface area contributed by atoms with Crippen LogP contribution in [0.1, 0.15) is 12.8 Å². The highest BCUT2D eigenvalue weighted by molar-refractivity contribution is 5.36. The summed E-state index contributed by atoms with van der Waals surface area (Å²) in [6.45, 7) is 1.94. The van der Waals surface area contributed by atoms with Crippen molar-refractivity contribution < 1.29 is 4.39 Å². The van der Waals surface area contributed by atoms with Crippen molar-refractivity contribution in [3.8, 4) is 0 Å². The molecule has 4 heteroatoms. The quantitative estimate of drug-likeness (QED) is 0.748. The Kier molecular flexibility index (Phi) is 2.93. The summed E-state index contributed by atoms with van der Waals surface area (Å²) in [4.78, 5) is 3.96.